The number of carbonyl (C=O) groups excluding carboxylic acids is 2. The third-order valence-electron chi connectivity index (χ3n) is 6.99. The van der Waals surface area contributed by atoms with Gasteiger partial charge in [-0.05, 0) is 55.0 Å². The van der Waals surface area contributed by atoms with Crippen LogP contribution in [0.5, 0.6) is 5.75 Å². The Balaban J connectivity index is 1.53. The van der Waals surface area contributed by atoms with Gasteiger partial charge in [0.2, 0.25) is 0 Å². The zero-order valence-corrected chi connectivity index (χ0v) is 21.1. The summed E-state index contributed by atoms with van der Waals surface area (Å²) in [5, 5.41) is 9.10. The average molecular weight is 495 g/mol. The summed E-state index contributed by atoms with van der Waals surface area (Å²) in [6.45, 7) is 5.98. The second-order valence-corrected chi connectivity index (χ2v) is 9.92. The van der Waals surface area contributed by atoms with Crippen LogP contribution in [0.2, 0.25) is 0 Å². The largest absolute Gasteiger partial charge is 0.497 e. The minimum atomic E-state index is -0.926. The Labute approximate surface area is 211 Å². The number of urea groups is 1. The van der Waals surface area contributed by atoms with Gasteiger partial charge in [-0.1, -0.05) is 32.0 Å². The van der Waals surface area contributed by atoms with Gasteiger partial charge in [-0.25, -0.2) is 9.78 Å². The molecular weight excluding hydrogens is 460 g/mol. The minimum absolute atomic E-state index is 0.108. The molecule has 9 nitrogen and oxygen atoms in total. The number of pyridine rings is 1. The molecule has 0 radical (unpaired) electrons. The molecule has 0 aliphatic carbocycles. The van der Waals surface area contributed by atoms with E-state index in [2.05, 4.69) is 9.88 Å². The lowest BCUT2D eigenvalue weighted by Gasteiger charge is -2.42. The average Bonchev–Trinajstić information content (AvgIpc) is 3.04. The van der Waals surface area contributed by atoms with Crippen LogP contribution in [-0.2, 0) is 22.4 Å². The van der Waals surface area contributed by atoms with Gasteiger partial charge in [0.05, 0.1) is 19.2 Å². The third-order valence-corrected chi connectivity index (χ3v) is 6.99. The summed E-state index contributed by atoms with van der Waals surface area (Å²) in [6.07, 6.45) is 1.50. The number of carbonyl (C=O) groups is 3. The Morgan fingerprint density at radius 1 is 1.11 bits per heavy atom. The zero-order chi connectivity index (χ0) is 25.9. The molecule has 2 fully saturated rings. The van der Waals surface area contributed by atoms with Crippen LogP contribution in [0, 0.1) is 5.92 Å². The van der Waals surface area contributed by atoms with E-state index < -0.39 is 11.5 Å². The fraction of sp³-hybridized carbons (Fsp3) is 0.481. The molecule has 192 valence electrons. The highest BCUT2D eigenvalue weighted by Crippen LogP contribution is 2.38. The van der Waals surface area contributed by atoms with E-state index in [-0.39, 0.29) is 24.3 Å². The Kier molecular flexibility index (Phi) is 7.47. The number of methoxy groups -OCH3 is 1. The smallest absolute Gasteiger partial charge is 0.327 e. The molecule has 0 atom stereocenters. The standard InChI is InChI=1S/C27H34N4O5/c1-19(2)18-30-25(34)27(31(26(30)35)14-11-20-7-9-22(36-3)10-8-20)12-15-29(16-13-27)23-6-4-5-21(28-23)17-24(32)33/h4-10,19H,11-18H2,1-3H3,(H,32,33). The number of hydrogen-bond acceptors (Lipinski definition) is 6. The summed E-state index contributed by atoms with van der Waals surface area (Å²) in [6, 6.07) is 12.9. The lowest BCUT2D eigenvalue weighted by atomic mass is 9.85. The number of aliphatic carboxylic acids is 1. The van der Waals surface area contributed by atoms with Gasteiger partial charge < -0.3 is 19.6 Å². The Morgan fingerprint density at radius 2 is 1.81 bits per heavy atom. The molecule has 0 bridgehead atoms. The number of imide groups is 1. The molecule has 4 rings (SSSR count). The summed E-state index contributed by atoms with van der Waals surface area (Å²) in [5.74, 6) is 0.620. The van der Waals surface area contributed by atoms with Gasteiger partial charge >= 0.3 is 12.0 Å². The van der Waals surface area contributed by atoms with E-state index in [1.54, 1.807) is 24.1 Å². The van der Waals surface area contributed by atoms with Crippen molar-refractivity contribution in [3.63, 3.8) is 0 Å². The lowest BCUT2D eigenvalue weighted by Crippen LogP contribution is -2.57. The maximum absolute atomic E-state index is 13.7. The molecule has 2 aliphatic rings. The molecule has 0 saturated carbocycles. The summed E-state index contributed by atoms with van der Waals surface area (Å²) in [5.41, 5.74) is 0.704. The van der Waals surface area contributed by atoms with Gasteiger partial charge in [0.25, 0.3) is 5.91 Å². The Morgan fingerprint density at radius 3 is 2.42 bits per heavy atom. The van der Waals surface area contributed by atoms with Crippen LogP contribution in [0.25, 0.3) is 0 Å². The van der Waals surface area contributed by atoms with Crippen molar-refractivity contribution >= 4 is 23.7 Å². The monoisotopic (exact) mass is 494 g/mol. The molecule has 3 amide bonds. The molecule has 1 N–H and O–H groups in total. The van der Waals surface area contributed by atoms with Crippen molar-refractivity contribution in [2.75, 3.05) is 38.2 Å². The zero-order valence-electron chi connectivity index (χ0n) is 21.1. The van der Waals surface area contributed by atoms with E-state index in [0.717, 1.165) is 11.3 Å². The van der Waals surface area contributed by atoms with E-state index in [1.165, 1.54) is 4.90 Å². The Bertz CT molecular complexity index is 1110. The maximum atomic E-state index is 13.7. The van der Waals surface area contributed by atoms with Crippen LogP contribution in [0.4, 0.5) is 10.6 Å². The first kappa shape index (κ1) is 25.5. The number of anilines is 1. The number of amides is 3. The molecule has 3 heterocycles. The van der Waals surface area contributed by atoms with Crippen LogP contribution in [0.3, 0.4) is 0 Å². The van der Waals surface area contributed by atoms with Crippen molar-refractivity contribution in [2.24, 2.45) is 5.92 Å². The number of ether oxygens (including phenoxy) is 1. The molecule has 9 heteroatoms. The highest BCUT2D eigenvalue weighted by atomic mass is 16.5. The number of aromatic nitrogens is 1. The van der Waals surface area contributed by atoms with Gasteiger partial charge in [0.1, 0.15) is 17.1 Å². The fourth-order valence-electron chi connectivity index (χ4n) is 5.14. The number of benzene rings is 1. The lowest BCUT2D eigenvalue weighted by molar-refractivity contribution is -0.136. The molecule has 2 saturated heterocycles. The van der Waals surface area contributed by atoms with E-state index in [9.17, 15) is 14.4 Å². The molecular formula is C27H34N4O5. The highest BCUT2D eigenvalue weighted by molar-refractivity contribution is 6.07. The molecule has 1 spiro atoms. The molecule has 1 aromatic heterocycles. The highest BCUT2D eigenvalue weighted by Gasteiger charge is 2.57. The van der Waals surface area contributed by atoms with Gasteiger partial charge in [-0.2, -0.15) is 0 Å². The topological polar surface area (TPSA) is 103 Å². The van der Waals surface area contributed by atoms with Gasteiger partial charge in [-0.3, -0.25) is 14.5 Å². The van der Waals surface area contributed by atoms with Crippen molar-refractivity contribution in [3.05, 3.63) is 53.7 Å². The summed E-state index contributed by atoms with van der Waals surface area (Å²) in [7, 11) is 1.63. The van der Waals surface area contributed by atoms with Gasteiger partial charge in [0, 0.05) is 26.2 Å². The minimum Gasteiger partial charge on any atom is -0.497 e. The van der Waals surface area contributed by atoms with Gasteiger partial charge in [0.15, 0.2) is 0 Å². The quantitative estimate of drug-likeness (QED) is 0.534. The molecule has 0 unspecified atom stereocenters. The van der Waals surface area contributed by atoms with Gasteiger partial charge in [-0.15, -0.1) is 0 Å². The van der Waals surface area contributed by atoms with E-state index in [0.29, 0.717) is 57.0 Å². The third kappa shape index (κ3) is 5.15. The molecule has 2 aromatic rings. The first-order valence-corrected chi connectivity index (χ1v) is 12.4. The van der Waals surface area contributed by atoms with Crippen molar-refractivity contribution in [2.45, 2.75) is 45.1 Å². The van der Waals surface area contributed by atoms with Crippen molar-refractivity contribution < 1.29 is 24.2 Å². The van der Waals surface area contributed by atoms with E-state index in [1.807, 2.05) is 44.2 Å². The maximum Gasteiger partial charge on any atom is 0.327 e. The van der Waals surface area contributed by atoms with Crippen LogP contribution < -0.4 is 9.64 Å². The van der Waals surface area contributed by atoms with Crippen LogP contribution in [0.1, 0.15) is 37.9 Å². The van der Waals surface area contributed by atoms with E-state index >= 15 is 0 Å². The molecule has 36 heavy (non-hydrogen) atoms. The molecule has 1 aromatic carbocycles. The number of nitrogens with zero attached hydrogens (tertiary/aromatic N) is 4. The number of rotatable bonds is 9. The van der Waals surface area contributed by atoms with Crippen LogP contribution in [0.15, 0.2) is 42.5 Å². The van der Waals surface area contributed by atoms with Crippen molar-refractivity contribution in [1.82, 2.24) is 14.8 Å². The predicted molar refractivity (Wildman–Crippen MR) is 135 cm³/mol. The number of piperidine rings is 1. The fourth-order valence-corrected chi connectivity index (χ4v) is 5.14. The normalized spacial score (nSPS) is 17.4. The number of carboxylic acid groups (broad SMARTS) is 1. The summed E-state index contributed by atoms with van der Waals surface area (Å²) in [4.78, 5) is 48.1. The van der Waals surface area contributed by atoms with Crippen molar-refractivity contribution in [1.29, 1.82) is 0 Å². The number of carboxylic acids is 1. The number of hydrogen-bond donors (Lipinski definition) is 1. The predicted octanol–water partition coefficient (Wildman–Crippen LogP) is 3.22. The molecule has 2 aliphatic heterocycles. The summed E-state index contributed by atoms with van der Waals surface area (Å²) >= 11 is 0. The second kappa shape index (κ2) is 10.6. The summed E-state index contributed by atoms with van der Waals surface area (Å²) < 4.78 is 5.24. The van der Waals surface area contributed by atoms with Crippen molar-refractivity contribution in [3.8, 4) is 5.75 Å². The SMILES string of the molecule is COc1ccc(CCN2C(=O)N(CC(C)C)C(=O)C23CCN(c2cccc(CC(=O)O)n2)CC3)cc1. The van der Waals surface area contributed by atoms with Crippen LogP contribution in [-0.4, -0.2) is 76.6 Å². The second-order valence-electron chi connectivity index (χ2n) is 9.92. The Hall–Kier alpha value is -3.62. The van der Waals surface area contributed by atoms with Crippen LogP contribution >= 0.6 is 0 Å². The first-order chi connectivity index (χ1) is 17.2. The first-order valence-electron chi connectivity index (χ1n) is 12.4. The van der Waals surface area contributed by atoms with E-state index in [4.69, 9.17) is 9.84 Å².